The Kier molecular flexibility index (Phi) is 4.05. The van der Waals surface area contributed by atoms with E-state index in [9.17, 15) is 4.79 Å². The van der Waals surface area contributed by atoms with Gasteiger partial charge in [0.05, 0.1) is 6.61 Å². The molecule has 20 heavy (non-hydrogen) atoms. The SMILES string of the molecule is O=c1[nH]ccc2cc(OCCC3CCCCC3)ccc12. The molecule has 1 aromatic carbocycles. The third kappa shape index (κ3) is 3.03. The highest BCUT2D eigenvalue weighted by Crippen LogP contribution is 2.26. The van der Waals surface area contributed by atoms with Crippen LogP contribution in [0.1, 0.15) is 38.5 Å². The quantitative estimate of drug-likeness (QED) is 0.917. The number of nitrogens with one attached hydrogen (secondary N) is 1. The first-order valence-corrected chi connectivity index (χ1v) is 7.57. The maximum absolute atomic E-state index is 11.6. The molecular weight excluding hydrogens is 250 g/mol. The van der Waals surface area contributed by atoms with Gasteiger partial charge in [-0.2, -0.15) is 0 Å². The van der Waals surface area contributed by atoms with Gasteiger partial charge in [0.2, 0.25) is 0 Å². The van der Waals surface area contributed by atoms with Crippen LogP contribution in [0, 0.1) is 5.92 Å². The highest BCUT2D eigenvalue weighted by Gasteiger charge is 2.13. The molecule has 1 heterocycles. The van der Waals surface area contributed by atoms with Gasteiger partial charge in [-0.3, -0.25) is 4.79 Å². The van der Waals surface area contributed by atoms with E-state index in [4.69, 9.17) is 4.74 Å². The van der Waals surface area contributed by atoms with Crippen LogP contribution in [0.5, 0.6) is 5.75 Å². The number of aromatic nitrogens is 1. The van der Waals surface area contributed by atoms with Gasteiger partial charge in [0.25, 0.3) is 5.56 Å². The highest BCUT2D eigenvalue weighted by molar-refractivity contribution is 5.82. The normalized spacial score (nSPS) is 16.4. The summed E-state index contributed by atoms with van der Waals surface area (Å²) in [5.74, 6) is 1.70. The van der Waals surface area contributed by atoms with Gasteiger partial charge >= 0.3 is 0 Å². The lowest BCUT2D eigenvalue weighted by Crippen LogP contribution is -2.10. The Bertz CT molecular complexity index is 626. The number of fused-ring (bicyclic) bond motifs is 1. The number of H-pyrrole nitrogens is 1. The summed E-state index contributed by atoms with van der Waals surface area (Å²) in [7, 11) is 0. The first-order valence-electron chi connectivity index (χ1n) is 7.57. The molecule has 0 bridgehead atoms. The van der Waals surface area contributed by atoms with Gasteiger partial charge in [0.1, 0.15) is 5.75 Å². The van der Waals surface area contributed by atoms with Crippen molar-refractivity contribution in [3.05, 3.63) is 40.8 Å². The summed E-state index contributed by atoms with van der Waals surface area (Å²) < 4.78 is 5.84. The smallest absolute Gasteiger partial charge is 0.255 e. The molecule has 1 aromatic heterocycles. The number of aromatic amines is 1. The molecule has 3 nitrogen and oxygen atoms in total. The van der Waals surface area contributed by atoms with Gasteiger partial charge in [-0.05, 0) is 42.0 Å². The molecule has 0 spiro atoms. The monoisotopic (exact) mass is 271 g/mol. The Balaban J connectivity index is 1.61. The minimum absolute atomic E-state index is 0.0451. The Morgan fingerprint density at radius 3 is 2.85 bits per heavy atom. The summed E-state index contributed by atoms with van der Waals surface area (Å²) in [6.45, 7) is 0.777. The third-order valence-electron chi connectivity index (χ3n) is 4.26. The molecule has 0 amide bonds. The second-order valence-electron chi connectivity index (χ2n) is 5.70. The Labute approximate surface area is 119 Å². The highest BCUT2D eigenvalue weighted by atomic mass is 16.5. The van der Waals surface area contributed by atoms with Gasteiger partial charge in [-0.1, -0.05) is 32.1 Å². The van der Waals surface area contributed by atoms with Crippen LogP contribution >= 0.6 is 0 Å². The number of hydrogen-bond donors (Lipinski definition) is 1. The zero-order valence-corrected chi connectivity index (χ0v) is 11.7. The van der Waals surface area contributed by atoms with Crippen LogP contribution in [0.2, 0.25) is 0 Å². The lowest BCUT2D eigenvalue weighted by atomic mass is 9.87. The van der Waals surface area contributed by atoms with Crippen LogP contribution in [0.15, 0.2) is 35.3 Å². The van der Waals surface area contributed by atoms with Gasteiger partial charge in [0, 0.05) is 11.6 Å². The fourth-order valence-electron chi connectivity index (χ4n) is 3.08. The van der Waals surface area contributed by atoms with Crippen LogP contribution in [0.4, 0.5) is 0 Å². The van der Waals surface area contributed by atoms with Gasteiger partial charge in [-0.25, -0.2) is 0 Å². The van der Waals surface area contributed by atoms with Crippen molar-refractivity contribution in [3.8, 4) is 5.75 Å². The van der Waals surface area contributed by atoms with Crippen molar-refractivity contribution in [3.63, 3.8) is 0 Å². The van der Waals surface area contributed by atoms with Crippen molar-refractivity contribution in [2.45, 2.75) is 38.5 Å². The van der Waals surface area contributed by atoms with E-state index in [2.05, 4.69) is 4.98 Å². The van der Waals surface area contributed by atoms with E-state index < -0.39 is 0 Å². The fraction of sp³-hybridized carbons (Fsp3) is 0.471. The molecular formula is C17H21NO2. The number of rotatable bonds is 4. The Morgan fingerprint density at radius 2 is 2.00 bits per heavy atom. The largest absolute Gasteiger partial charge is 0.494 e. The van der Waals surface area contributed by atoms with Crippen LogP contribution in [-0.4, -0.2) is 11.6 Å². The maximum atomic E-state index is 11.6. The van der Waals surface area contributed by atoms with Gasteiger partial charge in [0.15, 0.2) is 0 Å². The third-order valence-corrected chi connectivity index (χ3v) is 4.26. The first-order chi connectivity index (χ1) is 9.83. The second kappa shape index (κ2) is 6.12. The number of pyridine rings is 1. The van der Waals surface area contributed by atoms with Crippen LogP contribution in [0.3, 0.4) is 0 Å². The molecule has 0 radical (unpaired) electrons. The zero-order valence-electron chi connectivity index (χ0n) is 11.7. The molecule has 0 unspecified atom stereocenters. The maximum Gasteiger partial charge on any atom is 0.255 e. The van der Waals surface area contributed by atoms with E-state index in [1.807, 2.05) is 24.3 Å². The summed E-state index contributed by atoms with van der Waals surface area (Å²) in [6.07, 6.45) is 9.69. The van der Waals surface area contributed by atoms with Crippen LogP contribution < -0.4 is 10.3 Å². The molecule has 3 heteroatoms. The summed E-state index contributed by atoms with van der Waals surface area (Å²) in [5.41, 5.74) is -0.0451. The average Bonchev–Trinajstić information content (AvgIpc) is 2.48. The van der Waals surface area contributed by atoms with Crippen LogP contribution in [-0.2, 0) is 0 Å². The lowest BCUT2D eigenvalue weighted by Gasteiger charge is -2.21. The number of hydrogen-bond acceptors (Lipinski definition) is 2. The standard InChI is InChI=1S/C17H21NO2/c19-17-16-7-6-15(12-14(16)8-10-18-17)20-11-9-13-4-2-1-3-5-13/h6-8,10,12-13H,1-5,9,11H2,(H,18,19). The van der Waals surface area contributed by atoms with Crippen molar-refractivity contribution >= 4 is 10.8 Å². The van der Waals surface area contributed by atoms with E-state index in [1.165, 1.54) is 32.1 Å². The van der Waals surface area contributed by atoms with Crippen molar-refractivity contribution < 1.29 is 4.74 Å². The molecule has 0 aliphatic heterocycles. The summed E-state index contributed by atoms with van der Waals surface area (Å²) >= 11 is 0. The minimum Gasteiger partial charge on any atom is -0.494 e. The fourth-order valence-corrected chi connectivity index (χ4v) is 3.08. The second-order valence-corrected chi connectivity index (χ2v) is 5.70. The van der Waals surface area contributed by atoms with E-state index in [0.717, 1.165) is 30.1 Å². The molecule has 1 aliphatic carbocycles. The summed E-state index contributed by atoms with van der Waals surface area (Å²) in [6, 6.07) is 7.58. The minimum atomic E-state index is -0.0451. The van der Waals surface area contributed by atoms with Gasteiger partial charge < -0.3 is 9.72 Å². The van der Waals surface area contributed by atoms with E-state index in [-0.39, 0.29) is 5.56 Å². The zero-order chi connectivity index (χ0) is 13.8. The molecule has 106 valence electrons. The molecule has 1 aliphatic rings. The predicted molar refractivity (Wildman–Crippen MR) is 81.3 cm³/mol. The van der Waals surface area contributed by atoms with Crippen molar-refractivity contribution in [1.82, 2.24) is 4.98 Å². The van der Waals surface area contributed by atoms with Gasteiger partial charge in [-0.15, -0.1) is 0 Å². The first kappa shape index (κ1) is 13.2. The Hall–Kier alpha value is -1.77. The molecule has 0 atom stereocenters. The van der Waals surface area contributed by atoms with E-state index in [1.54, 1.807) is 6.20 Å². The topological polar surface area (TPSA) is 42.1 Å². The van der Waals surface area contributed by atoms with Crippen molar-refractivity contribution in [2.75, 3.05) is 6.61 Å². The number of ether oxygens (including phenoxy) is 1. The van der Waals surface area contributed by atoms with E-state index >= 15 is 0 Å². The predicted octanol–water partition coefficient (Wildman–Crippen LogP) is 3.88. The van der Waals surface area contributed by atoms with Crippen molar-refractivity contribution in [1.29, 1.82) is 0 Å². The molecule has 0 saturated heterocycles. The van der Waals surface area contributed by atoms with Crippen molar-refractivity contribution in [2.24, 2.45) is 5.92 Å². The molecule has 2 aromatic rings. The average molecular weight is 271 g/mol. The van der Waals surface area contributed by atoms with Crippen LogP contribution in [0.25, 0.3) is 10.8 Å². The molecule has 1 fully saturated rings. The summed E-state index contributed by atoms with van der Waals surface area (Å²) in [5, 5.41) is 1.65. The van der Waals surface area contributed by atoms with E-state index in [0.29, 0.717) is 5.39 Å². The molecule has 1 N–H and O–H groups in total. The Morgan fingerprint density at radius 1 is 1.15 bits per heavy atom. The number of benzene rings is 1. The summed E-state index contributed by atoms with van der Waals surface area (Å²) in [4.78, 5) is 14.3. The lowest BCUT2D eigenvalue weighted by molar-refractivity contribution is 0.246. The molecule has 1 saturated carbocycles. The molecule has 3 rings (SSSR count).